The highest BCUT2D eigenvalue weighted by Gasteiger charge is 2.14. The number of hydrogen-bond acceptors (Lipinski definition) is 5. The molecule has 0 aromatic carbocycles. The number of rotatable bonds is 4. The predicted molar refractivity (Wildman–Crippen MR) is 62.0 cm³/mol. The van der Waals surface area contributed by atoms with Gasteiger partial charge >= 0.3 is 5.97 Å². The Morgan fingerprint density at radius 2 is 2.35 bits per heavy atom. The van der Waals surface area contributed by atoms with E-state index in [1.54, 1.807) is 31.6 Å². The molecule has 0 saturated heterocycles. The third kappa shape index (κ3) is 2.85. The van der Waals surface area contributed by atoms with Crippen LogP contribution < -0.4 is 0 Å². The molecule has 0 amide bonds. The van der Waals surface area contributed by atoms with E-state index in [4.69, 9.17) is 9.52 Å². The van der Waals surface area contributed by atoms with Crippen LogP contribution in [0.25, 0.3) is 0 Å². The van der Waals surface area contributed by atoms with Gasteiger partial charge in [0.25, 0.3) is 0 Å². The van der Waals surface area contributed by atoms with E-state index in [-0.39, 0.29) is 5.76 Å². The van der Waals surface area contributed by atoms with Crippen molar-refractivity contribution in [3.05, 3.63) is 41.7 Å². The van der Waals surface area contributed by atoms with Crippen LogP contribution in [0, 0.1) is 6.92 Å². The van der Waals surface area contributed by atoms with Gasteiger partial charge in [0.05, 0.1) is 11.9 Å². The third-order valence-corrected chi connectivity index (χ3v) is 3.00. The van der Waals surface area contributed by atoms with Gasteiger partial charge in [-0.15, -0.1) is 0 Å². The van der Waals surface area contributed by atoms with E-state index in [2.05, 4.69) is 9.97 Å². The highest BCUT2D eigenvalue weighted by Crippen LogP contribution is 2.23. The number of carboxylic acid groups (broad SMARTS) is 1. The molecule has 5 nitrogen and oxygen atoms in total. The average Bonchev–Trinajstić information content (AvgIpc) is 2.69. The lowest BCUT2D eigenvalue weighted by Gasteiger charge is -1.96. The molecule has 0 unspecified atom stereocenters. The summed E-state index contributed by atoms with van der Waals surface area (Å²) in [4.78, 5) is 18.8. The van der Waals surface area contributed by atoms with Gasteiger partial charge in [0.1, 0.15) is 10.8 Å². The Labute approximate surface area is 102 Å². The molecule has 0 aliphatic carbocycles. The zero-order chi connectivity index (χ0) is 12.3. The molecule has 0 aliphatic heterocycles. The van der Waals surface area contributed by atoms with Crippen molar-refractivity contribution in [3.63, 3.8) is 0 Å². The summed E-state index contributed by atoms with van der Waals surface area (Å²) in [5.74, 6) is 0.112. The van der Waals surface area contributed by atoms with Crippen LogP contribution in [-0.2, 0) is 5.75 Å². The number of hydrogen-bond donors (Lipinski definition) is 1. The van der Waals surface area contributed by atoms with E-state index in [0.717, 1.165) is 5.03 Å². The Hall–Kier alpha value is -1.82. The van der Waals surface area contributed by atoms with Gasteiger partial charge in [-0.2, -0.15) is 0 Å². The van der Waals surface area contributed by atoms with Crippen molar-refractivity contribution in [1.29, 1.82) is 0 Å². The number of carboxylic acids is 1. The normalized spacial score (nSPS) is 10.4. The molecule has 0 atom stereocenters. The Bertz CT molecular complexity index is 525. The second kappa shape index (κ2) is 5.01. The van der Waals surface area contributed by atoms with Gasteiger partial charge in [-0.1, -0.05) is 11.8 Å². The summed E-state index contributed by atoms with van der Waals surface area (Å²) < 4.78 is 5.23. The number of thioether (sulfide) groups is 1. The zero-order valence-electron chi connectivity index (χ0n) is 9.08. The van der Waals surface area contributed by atoms with Gasteiger partial charge in [-0.3, -0.25) is 4.98 Å². The first-order chi connectivity index (χ1) is 8.16. The second-order valence-corrected chi connectivity index (χ2v) is 4.36. The van der Waals surface area contributed by atoms with Gasteiger partial charge in [0.2, 0.25) is 5.76 Å². The minimum Gasteiger partial charge on any atom is -0.475 e. The van der Waals surface area contributed by atoms with E-state index in [0.29, 0.717) is 17.1 Å². The third-order valence-electron chi connectivity index (χ3n) is 2.06. The molecule has 0 saturated carbocycles. The second-order valence-electron chi connectivity index (χ2n) is 3.36. The highest BCUT2D eigenvalue weighted by atomic mass is 32.2. The Morgan fingerprint density at radius 3 is 2.94 bits per heavy atom. The number of aromatic carboxylic acids is 1. The topological polar surface area (TPSA) is 76.2 Å². The van der Waals surface area contributed by atoms with Crippen LogP contribution in [0.5, 0.6) is 0 Å². The first-order valence-electron chi connectivity index (χ1n) is 4.88. The first-order valence-corrected chi connectivity index (χ1v) is 5.87. The lowest BCUT2D eigenvalue weighted by Crippen LogP contribution is -1.94. The van der Waals surface area contributed by atoms with E-state index >= 15 is 0 Å². The molecule has 1 N–H and O–H groups in total. The molecule has 0 aliphatic rings. The maximum atomic E-state index is 10.8. The Kier molecular flexibility index (Phi) is 3.43. The molecular formula is C11H10N2O3S. The van der Waals surface area contributed by atoms with Crippen LogP contribution in [0.4, 0.5) is 0 Å². The van der Waals surface area contributed by atoms with E-state index in [1.807, 2.05) is 0 Å². The van der Waals surface area contributed by atoms with Gasteiger partial charge in [-0.25, -0.2) is 9.78 Å². The molecular weight excluding hydrogens is 240 g/mol. The molecule has 0 spiro atoms. The first kappa shape index (κ1) is 11.7. The molecule has 0 fully saturated rings. The largest absolute Gasteiger partial charge is 0.475 e. The molecule has 88 valence electrons. The van der Waals surface area contributed by atoms with Crippen molar-refractivity contribution in [2.24, 2.45) is 0 Å². The fraction of sp³-hybridized carbons (Fsp3) is 0.182. The molecule has 0 bridgehead atoms. The van der Waals surface area contributed by atoms with Crippen molar-refractivity contribution in [1.82, 2.24) is 9.97 Å². The Balaban J connectivity index is 2.05. The summed E-state index contributed by atoms with van der Waals surface area (Å²) in [6, 6.07) is 1.73. The van der Waals surface area contributed by atoms with Crippen LogP contribution in [0.3, 0.4) is 0 Å². The summed E-state index contributed by atoms with van der Waals surface area (Å²) in [5, 5.41) is 9.62. The maximum Gasteiger partial charge on any atom is 0.372 e. The van der Waals surface area contributed by atoms with Gasteiger partial charge in [0.15, 0.2) is 0 Å². The van der Waals surface area contributed by atoms with Gasteiger partial charge < -0.3 is 9.52 Å². The molecule has 2 aromatic heterocycles. The quantitative estimate of drug-likeness (QED) is 0.839. The number of aromatic nitrogens is 2. The van der Waals surface area contributed by atoms with Crippen molar-refractivity contribution in [2.75, 3.05) is 0 Å². The standard InChI is InChI=1S/C11H10N2O3S/c1-7-4-8(16-10(7)11(14)15)6-17-9-5-12-2-3-13-9/h2-5H,6H2,1H3,(H,14,15). The van der Waals surface area contributed by atoms with Crippen LogP contribution in [-0.4, -0.2) is 21.0 Å². The van der Waals surface area contributed by atoms with Gasteiger partial charge in [-0.05, 0) is 13.0 Å². The molecule has 2 heterocycles. The summed E-state index contributed by atoms with van der Waals surface area (Å²) in [6.07, 6.45) is 4.86. The molecule has 0 radical (unpaired) electrons. The Morgan fingerprint density at radius 1 is 1.53 bits per heavy atom. The minimum absolute atomic E-state index is 0.000235. The highest BCUT2D eigenvalue weighted by molar-refractivity contribution is 7.98. The average molecular weight is 250 g/mol. The molecule has 2 rings (SSSR count). The van der Waals surface area contributed by atoms with E-state index in [9.17, 15) is 4.79 Å². The molecule has 2 aromatic rings. The number of carbonyl (C=O) groups is 1. The van der Waals surface area contributed by atoms with Crippen LogP contribution in [0.2, 0.25) is 0 Å². The lowest BCUT2D eigenvalue weighted by atomic mass is 10.3. The van der Waals surface area contributed by atoms with Crippen molar-refractivity contribution in [2.45, 2.75) is 17.7 Å². The van der Waals surface area contributed by atoms with Gasteiger partial charge in [0, 0.05) is 18.0 Å². The number of aryl methyl sites for hydroxylation is 1. The summed E-state index contributed by atoms with van der Waals surface area (Å²) >= 11 is 1.45. The SMILES string of the molecule is Cc1cc(CSc2cnccn2)oc1C(=O)O. The number of nitrogens with zero attached hydrogens (tertiary/aromatic N) is 2. The fourth-order valence-corrected chi connectivity index (χ4v) is 2.04. The molecule has 6 heteroatoms. The van der Waals surface area contributed by atoms with Crippen molar-refractivity contribution >= 4 is 17.7 Å². The smallest absolute Gasteiger partial charge is 0.372 e. The monoisotopic (exact) mass is 250 g/mol. The lowest BCUT2D eigenvalue weighted by molar-refractivity contribution is 0.0659. The summed E-state index contributed by atoms with van der Waals surface area (Å²) in [6.45, 7) is 1.71. The van der Waals surface area contributed by atoms with Crippen LogP contribution in [0.1, 0.15) is 21.9 Å². The fourth-order valence-electron chi connectivity index (χ4n) is 1.34. The van der Waals surface area contributed by atoms with E-state index in [1.165, 1.54) is 11.8 Å². The van der Waals surface area contributed by atoms with Crippen LogP contribution >= 0.6 is 11.8 Å². The van der Waals surface area contributed by atoms with Crippen molar-refractivity contribution < 1.29 is 14.3 Å². The summed E-state index contributed by atoms with van der Waals surface area (Å²) in [5.41, 5.74) is 0.632. The minimum atomic E-state index is -1.04. The maximum absolute atomic E-state index is 10.8. The predicted octanol–water partition coefficient (Wildman–Crippen LogP) is 2.37. The van der Waals surface area contributed by atoms with E-state index < -0.39 is 5.97 Å². The van der Waals surface area contributed by atoms with Crippen LogP contribution in [0.15, 0.2) is 34.1 Å². The molecule has 17 heavy (non-hydrogen) atoms. The summed E-state index contributed by atoms with van der Waals surface area (Å²) in [7, 11) is 0. The zero-order valence-corrected chi connectivity index (χ0v) is 9.90. The van der Waals surface area contributed by atoms with Crippen molar-refractivity contribution in [3.8, 4) is 0 Å². The number of furan rings is 1.